The highest BCUT2D eigenvalue weighted by molar-refractivity contribution is 7.99. The van der Waals surface area contributed by atoms with Crippen LogP contribution in [0.15, 0.2) is 23.1 Å². The zero-order valence-electron chi connectivity index (χ0n) is 12.2. The minimum absolute atomic E-state index is 0.479. The molecule has 1 unspecified atom stereocenters. The highest BCUT2D eigenvalue weighted by atomic mass is 32.2. The van der Waals surface area contributed by atoms with E-state index in [0.29, 0.717) is 10.9 Å². The number of nitrogens with two attached hydrogens (primary N) is 1. The van der Waals surface area contributed by atoms with Gasteiger partial charge in [0.25, 0.3) is 0 Å². The minimum Gasteiger partial charge on any atom is -0.389 e. The molecule has 1 aromatic rings. The predicted octanol–water partition coefficient (Wildman–Crippen LogP) is 2.80. The molecule has 0 aromatic heterocycles. The number of benzene rings is 1. The van der Waals surface area contributed by atoms with Gasteiger partial charge in [0, 0.05) is 29.2 Å². The first kappa shape index (κ1) is 15.6. The van der Waals surface area contributed by atoms with Gasteiger partial charge in [-0.1, -0.05) is 25.2 Å². The van der Waals surface area contributed by atoms with Crippen molar-refractivity contribution in [2.24, 2.45) is 11.7 Å². The SMILES string of the molecule is CCSc1cccc(NCC2CCN(C)C2)c1C(N)=S. The predicted molar refractivity (Wildman–Crippen MR) is 92.8 cm³/mol. The van der Waals surface area contributed by atoms with E-state index in [1.807, 2.05) is 0 Å². The van der Waals surface area contributed by atoms with Crippen LogP contribution in [-0.2, 0) is 0 Å². The van der Waals surface area contributed by atoms with E-state index in [9.17, 15) is 0 Å². The van der Waals surface area contributed by atoms with Crippen LogP contribution in [0.1, 0.15) is 18.9 Å². The standard InChI is InChI=1S/C15H23N3S2/c1-3-20-13-6-4-5-12(14(13)15(16)19)17-9-11-7-8-18(2)10-11/h4-6,11,17H,3,7-10H2,1-2H3,(H2,16,19). The molecular formula is C15H23N3S2. The van der Waals surface area contributed by atoms with Gasteiger partial charge >= 0.3 is 0 Å². The van der Waals surface area contributed by atoms with Crippen molar-refractivity contribution in [2.45, 2.75) is 18.2 Å². The van der Waals surface area contributed by atoms with Crippen molar-refractivity contribution in [1.82, 2.24) is 4.90 Å². The van der Waals surface area contributed by atoms with Gasteiger partial charge in [-0.05, 0) is 43.8 Å². The molecule has 0 bridgehead atoms. The number of anilines is 1. The van der Waals surface area contributed by atoms with Gasteiger partial charge in [0.2, 0.25) is 0 Å². The Balaban J connectivity index is 2.10. The van der Waals surface area contributed by atoms with Gasteiger partial charge in [-0.15, -0.1) is 11.8 Å². The summed E-state index contributed by atoms with van der Waals surface area (Å²) >= 11 is 7.02. The summed E-state index contributed by atoms with van der Waals surface area (Å²) in [5, 5.41) is 3.55. The summed E-state index contributed by atoms with van der Waals surface area (Å²) in [4.78, 5) is 4.03. The molecule has 20 heavy (non-hydrogen) atoms. The normalized spacial score (nSPS) is 19.2. The van der Waals surface area contributed by atoms with Crippen LogP contribution in [0.25, 0.3) is 0 Å². The zero-order chi connectivity index (χ0) is 14.5. The van der Waals surface area contributed by atoms with Crippen molar-refractivity contribution in [2.75, 3.05) is 37.8 Å². The summed E-state index contributed by atoms with van der Waals surface area (Å²) in [6.07, 6.45) is 1.26. The topological polar surface area (TPSA) is 41.3 Å². The summed E-state index contributed by atoms with van der Waals surface area (Å²) in [5.74, 6) is 1.73. The molecule has 1 aromatic carbocycles. The average Bonchev–Trinajstić information content (AvgIpc) is 2.82. The maximum absolute atomic E-state index is 5.92. The summed E-state index contributed by atoms with van der Waals surface area (Å²) in [6.45, 7) is 5.49. The van der Waals surface area contributed by atoms with E-state index in [2.05, 4.69) is 42.4 Å². The van der Waals surface area contributed by atoms with Crippen LogP contribution in [0, 0.1) is 5.92 Å². The fourth-order valence-electron chi connectivity index (χ4n) is 2.66. The lowest BCUT2D eigenvalue weighted by Gasteiger charge is -2.17. The van der Waals surface area contributed by atoms with Crippen LogP contribution in [-0.4, -0.2) is 42.3 Å². The fourth-order valence-corrected chi connectivity index (χ4v) is 3.79. The molecule has 1 atom stereocenters. The van der Waals surface area contributed by atoms with E-state index >= 15 is 0 Å². The summed E-state index contributed by atoms with van der Waals surface area (Å²) in [6, 6.07) is 6.24. The van der Waals surface area contributed by atoms with E-state index in [1.54, 1.807) is 11.8 Å². The van der Waals surface area contributed by atoms with Gasteiger partial charge in [-0.25, -0.2) is 0 Å². The third-order valence-corrected chi connectivity index (χ3v) is 4.79. The number of thioether (sulfide) groups is 1. The van der Waals surface area contributed by atoms with Gasteiger partial charge in [0.05, 0.1) is 0 Å². The molecule has 1 saturated heterocycles. The highest BCUT2D eigenvalue weighted by Crippen LogP contribution is 2.29. The Kier molecular flexibility index (Phi) is 5.69. The van der Waals surface area contributed by atoms with Crippen molar-refractivity contribution < 1.29 is 0 Å². The van der Waals surface area contributed by atoms with Crippen LogP contribution < -0.4 is 11.1 Å². The maximum Gasteiger partial charge on any atom is 0.107 e. The van der Waals surface area contributed by atoms with Crippen molar-refractivity contribution in [3.05, 3.63) is 23.8 Å². The van der Waals surface area contributed by atoms with Gasteiger partial charge in [0.15, 0.2) is 0 Å². The second kappa shape index (κ2) is 7.29. The molecule has 1 heterocycles. The lowest BCUT2D eigenvalue weighted by Crippen LogP contribution is -2.21. The first-order chi connectivity index (χ1) is 9.61. The molecular weight excluding hydrogens is 286 g/mol. The Morgan fingerprint density at radius 2 is 2.35 bits per heavy atom. The Labute approximate surface area is 131 Å². The van der Waals surface area contributed by atoms with Gasteiger partial charge in [-0.3, -0.25) is 0 Å². The third-order valence-electron chi connectivity index (χ3n) is 3.64. The van der Waals surface area contributed by atoms with E-state index in [1.165, 1.54) is 24.4 Å². The van der Waals surface area contributed by atoms with E-state index in [-0.39, 0.29) is 0 Å². The first-order valence-electron chi connectivity index (χ1n) is 7.09. The van der Waals surface area contributed by atoms with Crippen LogP contribution in [0.4, 0.5) is 5.69 Å². The molecule has 3 nitrogen and oxygen atoms in total. The van der Waals surface area contributed by atoms with Crippen LogP contribution >= 0.6 is 24.0 Å². The van der Waals surface area contributed by atoms with E-state index < -0.39 is 0 Å². The molecule has 0 spiro atoms. The third kappa shape index (κ3) is 3.87. The number of hydrogen-bond donors (Lipinski definition) is 2. The number of rotatable bonds is 6. The zero-order valence-corrected chi connectivity index (χ0v) is 13.8. The number of likely N-dealkylation sites (tertiary alicyclic amines) is 1. The van der Waals surface area contributed by atoms with Gasteiger partial charge < -0.3 is 16.0 Å². The Bertz CT molecular complexity index is 476. The van der Waals surface area contributed by atoms with Gasteiger partial charge in [-0.2, -0.15) is 0 Å². The molecule has 3 N–H and O–H groups in total. The molecule has 1 aliphatic heterocycles. The summed E-state index contributed by atoms with van der Waals surface area (Å²) in [7, 11) is 2.18. The van der Waals surface area contributed by atoms with Gasteiger partial charge in [0.1, 0.15) is 4.99 Å². The molecule has 5 heteroatoms. The smallest absolute Gasteiger partial charge is 0.107 e. The number of nitrogens with one attached hydrogen (secondary N) is 1. The van der Waals surface area contributed by atoms with Crippen LogP contribution in [0.5, 0.6) is 0 Å². The van der Waals surface area contributed by atoms with Crippen LogP contribution in [0.2, 0.25) is 0 Å². The molecule has 0 saturated carbocycles. The quantitative estimate of drug-likeness (QED) is 0.625. The summed E-state index contributed by atoms with van der Waals surface area (Å²) < 4.78 is 0. The van der Waals surface area contributed by atoms with Crippen molar-refractivity contribution in [3.8, 4) is 0 Å². The lowest BCUT2D eigenvalue weighted by molar-refractivity contribution is 0.399. The molecule has 0 amide bonds. The first-order valence-corrected chi connectivity index (χ1v) is 8.49. The lowest BCUT2D eigenvalue weighted by atomic mass is 10.1. The molecule has 1 aliphatic rings. The largest absolute Gasteiger partial charge is 0.389 e. The molecule has 2 rings (SSSR count). The Morgan fingerprint density at radius 1 is 1.55 bits per heavy atom. The Morgan fingerprint density at radius 3 is 2.95 bits per heavy atom. The molecule has 0 radical (unpaired) electrons. The van der Waals surface area contributed by atoms with E-state index in [0.717, 1.165) is 23.5 Å². The monoisotopic (exact) mass is 309 g/mol. The summed E-state index contributed by atoms with van der Waals surface area (Å²) in [5.41, 5.74) is 8.00. The number of hydrogen-bond acceptors (Lipinski definition) is 4. The van der Waals surface area contributed by atoms with Crippen molar-refractivity contribution in [3.63, 3.8) is 0 Å². The Hall–Kier alpha value is -0.780. The number of thiocarbonyl (C=S) groups is 1. The molecule has 110 valence electrons. The van der Waals surface area contributed by atoms with E-state index in [4.69, 9.17) is 18.0 Å². The van der Waals surface area contributed by atoms with Crippen molar-refractivity contribution in [1.29, 1.82) is 0 Å². The highest BCUT2D eigenvalue weighted by Gasteiger charge is 2.20. The van der Waals surface area contributed by atoms with Crippen LogP contribution in [0.3, 0.4) is 0 Å². The fraction of sp³-hybridized carbons (Fsp3) is 0.533. The van der Waals surface area contributed by atoms with Crippen molar-refractivity contribution >= 4 is 34.7 Å². The average molecular weight is 310 g/mol. The second-order valence-electron chi connectivity index (χ2n) is 5.27. The second-order valence-corrected chi connectivity index (χ2v) is 7.02. The maximum atomic E-state index is 5.92. The molecule has 1 fully saturated rings. The molecule has 0 aliphatic carbocycles. The number of nitrogens with zero attached hydrogens (tertiary/aromatic N) is 1. The minimum atomic E-state index is 0.479.